The highest BCUT2D eigenvalue weighted by molar-refractivity contribution is 5.27. The summed E-state index contributed by atoms with van der Waals surface area (Å²) in [5, 5.41) is 0. The zero-order valence-corrected chi connectivity index (χ0v) is 13.3. The van der Waals surface area contributed by atoms with Gasteiger partial charge in [0.15, 0.2) is 0 Å². The number of likely N-dealkylation sites (N-methyl/N-ethyl adjacent to an activating group) is 1. The first-order valence-corrected chi connectivity index (χ1v) is 7.77. The summed E-state index contributed by atoms with van der Waals surface area (Å²) in [5.74, 6) is 0.587. The molecule has 112 valence electrons. The predicted molar refractivity (Wildman–Crippen MR) is 86.0 cm³/mol. The summed E-state index contributed by atoms with van der Waals surface area (Å²) < 4.78 is 0. The van der Waals surface area contributed by atoms with Gasteiger partial charge in [-0.1, -0.05) is 38.1 Å². The van der Waals surface area contributed by atoms with Gasteiger partial charge in [-0.05, 0) is 31.0 Å². The topological polar surface area (TPSA) is 32.5 Å². The Labute approximate surface area is 123 Å². The fourth-order valence-corrected chi connectivity index (χ4v) is 2.96. The van der Waals surface area contributed by atoms with Gasteiger partial charge in [0.1, 0.15) is 0 Å². The standard InChI is InChI=1S/C17H29N3/c1-13(2)15-5-7-16(8-6-15)17(11-18)20-10-9-19(4)14(3)12-20/h5-8,13-14,17H,9-12,18H2,1-4H3. The van der Waals surface area contributed by atoms with Gasteiger partial charge in [0.05, 0.1) is 0 Å². The molecule has 1 heterocycles. The third-order valence-corrected chi connectivity index (χ3v) is 4.64. The molecule has 2 N–H and O–H groups in total. The fraction of sp³-hybridized carbons (Fsp3) is 0.647. The third kappa shape index (κ3) is 3.40. The van der Waals surface area contributed by atoms with Gasteiger partial charge < -0.3 is 10.6 Å². The van der Waals surface area contributed by atoms with Gasteiger partial charge in [0.2, 0.25) is 0 Å². The Bertz CT molecular complexity index is 413. The summed E-state index contributed by atoms with van der Waals surface area (Å²) in [6, 6.07) is 9.98. The van der Waals surface area contributed by atoms with E-state index in [-0.39, 0.29) is 0 Å². The molecule has 1 aromatic carbocycles. The first-order valence-electron chi connectivity index (χ1n) is 7.77. The van der Waals surface area contributed by atoms with E-state index in [1.807, 2.05) is 0 Å². The molecule has 0 aromatic heterocycles. The second-order valence-electron chi connectivity index (χ2n) is 6.40. The number of hydrogen-bond donors (Lipinski definition) is 1. The van der Waals surface area contributed by atoms with Crippen LogP contribution in [0.2, 0.25) is 0 Å². The molecule has 1 fully saturated rings. The molecule has 0 aliphatic carbocycles. The molecule has 1 aromatic rings. The van der Waals surface area contributed by atoms with Crippen LogP contribution in [0.5, 0.6) is 0 Å². The Morgan fingerprint density at radius 3 is 2.25 bits per heavy atom. The summed E-state index contributed by atoms with van der Waals surface area (Å²) in [6.45, 7) is 10.8. The van der Waals surface area contributed by atoms with Crippen molar-refractivity contribution in [3.05, 3.63) is 35.4 Å². The summed E-state index contributed by atoms with van der Waals surface area (Å²) in [5.41, 5.74) is 8.81. The number of hydrogen-bond acceptors (Lipinski definition) is 3. The van der Waals surface area contributed by atoms with Gasteiger partial charge >= 0.3 is 0 Å². The first-order chi connectivity index (χ1) is 9.52. The Morgan fingerprint density at radius 1 is 1.15 bits per heavy atom. The van der Waals surface area contributed by atoms with Crippen LogP contribution in [0.15, 0.2) is 24.3 Å². The summed E-state index contributed by atoms with van der Waals surface area (Å²) in [6.07, 6.45) is 0. The number of nitrogens with zero attached hydrogens (tertiary/aromatic N) is 2. The number of piperazine rings is 1. The van der Waals surface area contributed by atoms with Crippen LogP contribution in [0.4, 0.5) is 0 Å². The first kappa shape index (κ1) is 15.5. The van der Waals surface area contributed by atoms with Crippen molar-refractivity contribution in [2.45, 2.75) is 38.8 Å². The minimum Gasteiger partial charge on any atom is -0.329 e. The van der Waals surface area contributed by atoms with Gasteiger partial charge in [-0.3, -0.25) is 4.90 Å². The maximum atomic E-state index is 6.06. The molecular formula is C17H29N3. The lowest BCUT2D eigenvalue weighted by atomic mass is 9.97. The second kappa shape index (κ2) is 6.70. The molecule has 0 bridgehead atoms. The van der Waals surface area contributed by atoms with Gasteiger partial charge in [-0.15, -0.1) is 0 Å². The van der Waals surface area contributed by atoms with E-state index in [9.17, 15) is 0 Å². The van der Waals surface area contributed by atoms with Crippen LogP contribution in [0.3, 0.4) is 0 Å². The van der Waals surface area contributed by atoms with Crippen molar-refractivity contribution in [1.82, 2.24) is 9.80 Å². The third-order valence-electron chi connectivity index (χ3n) is 4.64. The van der Waals surface area contributed by atoms with Crippen molar-refractivity contribution in [3.8, 4) is 0 Å². The monoisotopic (exact) mass is 275 g/mol. The smallest absolute Gasteiger partial charge is 0.0471 e. The van der Waals surface area contributed by atoms with Crippen LogP contribution >= 0.6 is 0 Å². The molecule has 2 unspecified atom stereocenters. The molecule has 3 heteroatoms. The zero-order chi connectivity index (χ0) is 14.7. The van der Waals surface area contributed by atoms with Gasteiger partial charge in [0.25, 0.3) is 0 Å². The van der Waals surface area contributed by atoms with E-state index in [2.05, 4.69) is 61.9 Å². The predicted octanol–water partition coefficient (Wildman–Crippen LogP) is 2.45. The highest BCUT2D eigenvalue weighted by atomic mass is 15.3. The normalized spacial score (nSPS) is 23.2. The van der Waals surface area contributed by atoms with E-state index in [1.165, 1.54) is 11.1 Å². The van der Waals surface area contributed by atoms with Gasteiger partial charge in [0, 0.05) is 38.3 Å². The van der Waals surface area contributed by atoms with E-state index in [0.29, 0.717) is 24.5 Å². The van der Waals surface area contributed by atoms with Crippen LogP contribution in [0, 0.1) is 0 Å². The SMILES string of the molecule is CC(C)c1ccc(C(CN)N2CCN(C)C(C)C2)cc1. The Kier molecular flexibility index (Phi) is 5.19. The molecule has 20 heavy (non-hydrogen) atoms. The lowest BCUT2D eigenvalue weighted by molar-refractivity contribution is 0.0741. The molecule has 1 saturated heterocycles. The average molecular weight is 275 g/mol. The van der Waals surface area contributed by atoms with Crippen molar-refractivity contribution in [1.29, 1.82) is 0 Å². The average Bonchev–Trinajstić information content (AvgIpc) is 2.44. The summed E-state index contributed by atoms with van der Waals surface area (Å²) in [4.78, 5) is 4.96. The van der Waals surface area contributed by atoms with E-state index in [1.54, 1.807) is 0 Å². The van der Waals surface area contributed by atoms with Crippen molar-refractivity contribution in [2.24, 2.45) is 5.73 Å². The van der Waals surface area contributed by atoms with Crippen LogP contribution in [0.1, 0.15) is 43.9 Å². The van der Waals surface area contributed by atoms with E-state index >= 15 is 0 Å². The Balaban J connectivity index is 2.11. The van der Waals surface area contributed by atoms with Crippen LogP contribution in [-0.4, -0.2) is 49.1 Å². The molecule has 1 aliphatic rings. The largest absolute Gasteiger partial charge is 0.329 e. The molecule has 0 radical (unpaired) electrons. The second-order valence-corrected chi connectivity index (χ2v) is 6.40. The molecule has 2 atom stereocenters. The minimum absolute atomic E-state index is 0.354. The molecule has 0 saturated carbocycles. The number of nitrogens with two attached hydrogens (primary N) is 1. The summed E-state index contributed by atoms with van der Waals surface area (Å²) in [7, 11) is 2.21. The summed E-state index contributed by atoms with van der Waals surface area (Å²) >= 11 is 0. The molecule has 3 nitrogen and oxygen atoms in total. The van der Waals surface area contributed by atoms with E-state index in [0.717, 1.165) is 19.6 Å². The maximum Gasteiger partial charge on any atom is 0.0471 e. The maximum absolute atomic E-state index is 6.06. The van der Waals surface area contributed by atoms with Crippen LogP contribution in [-0.2, 0) is 0 Å². The Hall–Kier alpha value is -0.900. The number of benzene rings is 1. The van der Waals surface area contributed by atoms with Crippen molar-refractivity contribution in [2.75, 3.05) is 33.2 Å². The Morgan fingerprint density at radius 2 is 1.75 bits per heavy atom. The molecule has 2 rings (SSSR count). The quantitative estimate of drug-likeness (QED) is 0.916. The highest BCUT2D eigenvalue weighted by Crippen LogP contribution is 2.24. The zero-order valence-electron chi connectivity index (χ0n) is 13.3. The minimum atomic E-state index is 0.354. The van der Waals surface area contributed by atoms with Crippen molar-refractivity contribution < 1.29 is 0 Å². The number of rotatable bonds is 4. The molecule has 1 aliphatic heterocycles. The molecule has 0 amide bonds. The molecule has 0 spiro atoms. The fourth-order valence-electron chi connectivity index (χ4n) is 2.96. The van der Waals surface area contributed by atoms with Gasteiger partial charge in [-0.25, -0.2) is 0 Å². The highest BCUT2D eigenvalue weighted by Gasteiger charge is 2.26. The van der Waals surface area contributed by atoms with Crippen molar-refractivity contribution in [3.63, 3.8) is 0 Å². The van der Waals surface area contributed by atoms with Crippen LogP contribution in [0.25, 0.3) is 0 Å². The lowest BCUT2D eigenvalue weighted by Gasteiger charge is -2.41. The van der Waals surface area contributed by atoms with E-state index in [4.69, 9.17) is 5.73 Å². The van der Waals surface area contributed by atoms with Crippen LogP contribution < -0.4 is 5.73 Å². The van der Waals surface area contributed by atoms with E-state index < -0.39 is 0 Å². The molecular weight excluding hydrogens is 246 g/mol. The van der Waals surface area contributed by atoms with Crippen molar-refractivity contribution >= 4 is 0 Å². The lowest BCUT2D eigenvalue weighted by Crippen LogP contribution is -2.52. The van der Waals surface area contributed by atoms with Gasteiger partial charge in [-0.2, -0.15) is 0 Å².